The standard InChI is InChI=1S/C20H23ClN2O3/c1-26-18-9-4-16(5-10-18)14-20(25)23-13-12-22-19(24)11-6-15-2-7-17(21)8-3-15/h2-5,7-10H,6,11-14H2,1H3,(H,22,24)(H,23,25). The highest BCUT2D eigenvalue weighted by molar-refractivity contribution is 6.30. The molecule has 2 amide bonds. The maximum Gasteiger partial charge on any atom is 0.224 e. The minimum atomic E-state index is -0.0782. The van der Waals surface area contributed by atoms with Crippen LogP contribution in [0.4, 0.5) is 0 Å². The molecule has 2 aromatic carbocycles. The Morgan fingerprint density at radius 3 is 2.08 bits per heavy atom. The third kappa shape index (κ3) is 7.15. The Morgan fingerprint density at radius 2 is 1.46 bits per heavy atom. The van der Waals surface area contributed by atoms with Crippen LogP contribution < -0.4 is 15.4 Å². The molecule has 0 saturated heterocycles. The lowest BCUT2D eigenvalue weighted by Gasteiger charge is -2.08. The van der Waals surface area contributed by atoms with Gasteiger partial charge in [-0.25, -0.2) is 0 Å². The van der Waals surface area contributed by atoms with Crippen LogP contribution in [-0.2, 0) is 22.4 Å². The largest absolute Gasteiger partial charge is 0.497 e. The lowest BCUT2D eigenvalue weighted by molar-refractivity contribution is -0.122. The fourth-order valence-corrected chi connectivity index (χ4v) is 2.52. The molecule has 0 fully saturated rings. The second kappa shape index (κ2) is 10.5. The Morgan fingerprint density at radius 1 is 0.885 bits per heavy atom. The predicted molar refractivity (Wildman–Crippen MR) is 102 cm³/mol. The summed E-state index contributed by atoms with van der Waals surface area (Å²) in [7, 11) is 1.60. The van der Waals surface area contributed by atoms with Gasteiger partial charge >= 0.3 is 0 Å². The first-order valence-electron chi connectivity index (χ1n) is 8.47. The van der Waals surface area contributed by atoms with E-state index in [1.165, 1.54) is 0 Å². The smallest absolute Gasteiger partial charge is 0.224 e. The van der Waals surface area contributed by atoms with Crippen molar-refractivity contribution in [1.29, 1.82) is 0 Å². The molecule has 0 bridgehead atoms. The Labute approximate surface area is 158 Å². The van der Waals surface area contributed by atoms with Gasteiger partial charge < -0.3 is 15.4 Å². The van der Waals surface area contributed by atoms with Gasteiger partial charge in [-0.1, -0.05) is 35.9 Å². The summed E-state index contributed by atoms with van der Waals surface area (Å²) >= 11 is 5.83. The maximum atomic E-state index is 11.9. The third-order valence-corrected chi connectivity index (χ3v) is 4.10. The Bertz CT molecular complexity index is 715. The van der Waals surface area contributed by atoms with Gasteiger partial charge in [0.15, 0.2) is 0 Å². The molecular formula is C20H23ClN2O3. The van der Waals surface area contributed by atoms with Gasteiger partial charge in [0, 0.05) is 24.5 Å². The van der Waals surface area contributed by atoms with E-state index in [-0.39, 0.29) is 11.8 Å². The number of hydrogen-bond acceptors (Lipinski definition) is 3. The van der Waals surface area contributed by atoms with Crippen molar-refractivity contribution < 1.29 is 14.3 Å². The molecule has 0 heterocycles. The topological polar surface area (TPSA) is 67.4 Å². The average molecular weight is 375 g/mol. The van der Waals surface area contributed by atoms with Crippen LogP contribution >= 0.6 is 11.6 Å². The van der Waals surface area contributed by atoms with Crippen LogP contribution in [0.2, 0.25) is 5.02 Å². The molecule has 2 N–H and O–H groups in total. The number of rotatable bonds is 9. The van der Waals surface area contributed by atoms with E-state index in [0.717, 1.165) is 16.9 Å². The van der Waals surface area contributed by atoms with Gasteiger partial charge in [0.1, 0.15) is 5.75 Å². The van der Waals surface area contributed by atoms with Crippen molar-refractivity contribution >= 4 is 23.4 Å². The zero-order valence-electron chi connectivity index (χ0n) is 14.8. The number of amides is 2. The first kappa shape index (κ1) is 19.8. The molecule has 0 radical (unpaired) electrons. The maximum absolute atomic E-state index is 11.9. The summed E-state index contributed by atoms with van der Waals surface area (Å²) in [4.78, 5) is 23.7. The molecule has 0 aliphatic rings. The van der Waals surface area contributed by atoms with E-state index in [2.05, 4.69) is 10.6 Å². The molecule has 0 aromatic heterocycles. The Hall–Kier alpha value is -2.53. The van der Waals surface area contributed by atoms with Crippen LogP contribution in [0, 0.1) is 0 Å². The summed E-state index contributed by atoms with van der Waals surface area (Å²) in [6.45, 7) is 0.815. The minimum Gasteiger partial charge on any atom is -0.497 e. The molecule has 0 saturated carbocycles. The van der Waals surface area contributed by atoms with Crippen LogP contribution in [-0.4, -0.2) is 32.0 Å². The minimum absolute atomic E-state index is 0.0376. The molecule has 0 spiro atoms. The Balaban J connectivity index is 1.59. The van der Waals surface area contributed by atoms with E-state index in [1.807, 2.05) is 48.5 Å². The highest BCUT2D eigenvalue weighted by atomic mass is 35.5. The number of carbonyl (C=O) groups is 2. The summed E-state index contributed by atoms with van der Waals surface area (Å²) in [6, 6.07) is 14.8. The summed E-state index contributed by atoms with van der Waals surface area (Å²) in [6.07, 6.45) is 1.36. The zero-order chi connectivity index (χ0) is 18.8. The predicted octanol–water partition coefficient (Wildman–Crippen LogP) is 2.76. The van der Waals surface area contributed by atoms with E-state index in [1.54, 1.807) is 7.11 Å². The van der Waals surface area contributed by atoms with Gasteiger partial charge in [0.2, 0.25) is 11.8 Å². The van der Waals surface area contributed by atoms with Gasteiger partial charge in [0.05, 0.1) is 13.5 Å². The number of methoxy groups -OCH3 is 1. The zero-order valence-corrected chi connectivity index (χ0v) is 15.5. The summed E-state index contributed by atoms with van der Waals surface area (Å²) in [5, 5.41) is 6.28. The van der Waals surface area contributed by atoms with E-state index in [0.29, 0.717) is 37.4 Å². The number of benzene rings is 2. The number of nitrogens with one attached hydrogen (secondary N) is 2. The number of halogens is 1. The monoisotopic (exact) mass is 374 g/mol. The van der Waals surface area contributed by atoms with Crippen molar-refractivity contribution in [1.82, 2.24) is 10.6 Å². The molecule has 26 heavy (non-hydrogen) atoms. The van der Waals surface area contributed by atoms with Gasteiger partial charge in [-0.05, 0) is 41.8 Å². The van der Waals surface area contributed by atoms with Crippen molar-refractivity contribution in [3.8, 4) is 5.75 Å². The first-order chi connectivity index (χ1) is 12.6. The van der Waals surface area contributed by atoms with Crippen LogP contribution in [0.5, 0.6) is 5.75 Å². The molecule has 2 aromatic rings. The van der Waals surface area contributed by atoms with Gasteiger partial charge in [-0.3, -0.25) is 9.59 Å². The number of carbonyl (C=O) groups excluding carboxylic acids is 2. The molecule has 0 aliphatic heterocycles. The second-order valence-electron chi connectivity index (χ2n) is 5.85. The van der Waals surface area contributed by atoms with Crippen LogP contribution in [0.25, 0.3) is 0 Å². The molecule has 138 valence electrons. The fraction of sp³-hybridized carbons (Fsp3) is 0.300. The number of hydrogen-bond donors (Lipinski definition) is 2. The van der Waals surface area contributed by atoms with Crippen molar-refractivity contribution in [3.05, 3.63) is 64.7 Å². The molecule has 6 heteroatoms. The summed E-state index contributed by atoms with van der Waals surface area (Å²) < 4.78 is 5.08. The van der Waals surface area contributed by atoms with Crippen molar-refractivity contribution in [2.45, 2.75) is 19.3 Å². The van der Waals surface area contributed by atoms with Crippen molar-refractivity contribution in [2.24, 2.45) is 0 Å². The van der Waals surface area contributed by atoms with E-state index in [4.69, 9.17) is 16.3 Å². The summed E-state index contributed by atoms with van der Waals surface area (Å²) in [5.41, 5.74) is 1.98. The van der Waals surface area contributed by atoms with Crippen LogP contribution in [0.1, 0.15) is 17.5 Å². The molecule has 5 nitrogen and oxygen atoms in total. The van der Waals surface area contributed by atoms with Gasteiger partial charge in [0.25, 0.3) is 0 Å². The van der Waals surface area contributed by atoms with Crippen molar-refractivity contribution in [2.75, 3.05) is 20.2 Å². The molecule has 0 atom stereocenters. The van der Waals surface area contributed by atoms with E-state index < -0.39 is 0 Å². The second-order valence-corrected chi connectivity index (χ2v) is 6.29. The quantitative estimate of drug-likeness (QED) is 0.663. The molecule has 2 rings (SSSR count). The fourth-order valence-electron chi connectivity index (χ4n) is 2.39. The summed E-state index contributed by atoms with van der Waals surface area (Å²) in [5.74, 6) is 0.644. The lowest BCUT2D eigenvalue weighted by atomic mass is 10.1. The average Bonchev–Trinajstić information content (AvgIpc) is 2.65. The normalized spacial score (nSPS) is 10.2. The third-order valence-electron chi connectivity index (χ3n) is 3.85. The van der Waals surface area contributed by atoms with E-state index >= 15 is 0 Å². The molecule has 0 unspecified atom stereocenters. The first-order valence-corrected chi connectivity index (χ1v) is 8.85. The van der Waals surface area contributed by atoms with Gasteiger partial charge in [-0.2, -0.15) is 0 Å². The SMILES string of the molecule is COc1ccc(CC(=O)NCCNC(=O)CCc2ccc(Cl)cc2)cc1. The number of ether oxygens (including phenoxy) is 1. The van der Waals surface area contributed by atoms with Crippen LogP contribution in [0.3, 0.4) is 0 Å². The highest BCUT2D eigenvalue weighted by Crippen LogP contribution is 2.12. The van der Waals surface area contributed by atoms with Crippen molar-refractivity contribution in [3.63, 3.8) is 0 Å². The molecular weight excluding hydrogens is 352 g/mol. The lowest BCUT2D eigenvalue weighted by Crippen LogP contribution is -2.35. The number of aryl methyl sites for hydroxylation is 1. The van der Waals surface area contributed by atoms with Gasteiger partial charge in [-0.15, -0.1) is 0 Å². The molecule has 0 aliphatic carbocycles. The van der Waals surface area contributed by atoms with E-state index in [9.17, 15) is 9.59 Å². The Kier molecular flexibility index (Phi) is 7.96. The van der Waals surface area contributed by atoms with Crippen LogP contribution in [0.15, 0.2) is 48.5 Å². The highest BCUT2D eigenvalue weighted by Gasteiger charge is 2.05.